The maximum Gasteiger partial charge on any atom is 0.200 e. The van der Waals surface area contributed by atoms with E-state index in [4.69, 9.17) is 11.6 Å². The smallest absolute Gasteiger partial charge is 0.200 e. The number of halogens is 1. The minimum Gasteiger partial charge on any atom is -0.332 e. The highest BCUT2D eigenvalue weighted by Gasteiger charge is 2.40. The van der Waals surface area contributed by atoms with Crippen LogP contribution in [0, 0.1) is 0 Å². The SMILES string of the molecule is Clc1ncc(C2CC3CCC2N3)[nH]1. The van der Waals surface area contributed by atoms with Crippen molar-refractivity contribution in [2.24, 2.45) is 0 Å². The Hall–Kier alpha value is -0.540. The molecule has 2 bridgehead atoms. The van der Waals surface area contributed by atoms with E-state index in [0.717, 1.165) is 6.04 Å². The maximum atomic E-state index is 5.75. The first-order valence-electron chi connectivity index (χ1n) is 4.79. The van der Waals surface area contributed by atoms with Crippen LogP contribution in [0.4, 0.5) is 0 Å². The molecule has 0 aromatic carbocycles. The Balaban J connectivity index is 1.87. The molecular weight excluding hydrogens is 186 g/mol. The maximum absolute atomic E-state index is 5.75. The summed E-state index contributed by atoms with van der Waals surface area (Å²) >= 11 is 5.75. The monoisotopic (exact) mass is 197 g/mol. The van der Waals surface area contributed by atoms with Crippen LogP contribution in [-0.2, 0) is 0 Å². The van der Waals surface area contributed by atoms with Gasteiger partial charge < -0.3 is 10.3 Å². The summed E-state index contributed by atoms with van der Waals surface area (Å²) in [6, 6.07) is 1.39. The molecule has 2 aliphatic heterocycles. The molecule has 2 saturated heterocycles. The van der Waals surface area contributed by atoms with Gasteiger partial charge >= 0.3 is 0 Å². The molecule has 1 aromatic heterocycles. The highest BCUT2D eigenvalue weighted by Crippen LogP contribution is 2.39. The van der Waals surface area contributed by atoms with Gasteiger partial charge in [0.05, 0.1) is 0 Å². The predicted molar refractivity (Wildman–Crippen MR) is 50.9 cm³/mol. The third-order valence-electron chi connectivity index (χ3n) is 3.26. The van der Waals surface area contributed by atoms with Crippen molar-refractivity contribution in [2.45, 2.75) is 37.3 Å². The molecule has 3 heterocycles. The van der Waals surface area contributed by atoms with Crippen LogP contribution in [0.1, 0.15) is 30.9 Å². The molecule has 2 N–H and O–H groups in total. The van der Waals surface area contributed by atoms with Gasteiger partial charge in [-0.15, -0.1) is 0 Å². The number of nitrogens with one attached hydrogen (secondary N) is 2. The van der Waals surface area contributed by atoms with E-state index >= 15 is 0 Å². The van der Waals surface area contributed by atoms with Gasteiger partial charge in [0.15, 0.2) is 5.28 Å². The highest BCUT2D eigenvalue weighted by atomic mass is 35.5. The van der Waals surface area contributed by atoms with Gasteiger partial charge in [-0.25, -0.2) is 4.98 Å². The van der Waals surface area contributed by atoms with Crippen LogP contribution < -0.4 is 5.32 Å². The number of H-pyrrole nitrogens is 1. The largest absolute Gasteiger partial charge is 0.332 e. The van der Waals surface area contributed by atoms with Gasteiger partial charge in [0.2, 0.25) is 0 Å². The highest BCUT2D eigenvalue weighted by molar-refractivity contribution is 6.28. The van der Waals surface area contributed by atoms with E-state index in [0.29, 0.717) is 17.2 Å². The first-order valence-corrected chi connectivity index (χ1v) is 5.17. The molecule has 0 radical (unpaired) electrons. The molecule has 70 valence electrons. The lowest BCUT2D eigenvalue weighted by atomic mass is 9.87. The van der Waals surface area contributed by atoms with E-state index in [1.165, 1.54) is 25.0 Å². The van der Waals surface area contributed by atoms with Crippen LogP contribution in [0.3, 0.4) is 0 Å². The van der Waals surface area contributed by atoms with Gasteiger partial charge in [0.25, 0.3) is 0 Å². The lowest BCUT2D eigenvalue weighted by Crippen LogP contribution is -2.21. The Kier molecular flexibility index (Phi) is 1.64. The van der Waals surface area contributed by atoms with Gasteiger partial charge in [-0.2, -0.15) is 0 Å². The molecule has 3 rings (SSSR count). The van der Waals surface area contributed by atoms with Crippen LogP contribution in [0.15, 0.2) is 6.20 Å². The van der Waals surface area contributed by atoms with E-state index in [1.54, 1.807) is 0 Å². The first-order chi connectivity index (χ1) is 6.33. The number of imidazole rings is 1. The Morgan fingerprint density at radius 3 is 2.92 bits per heavy atom. The van der Waals surface area contributed by atoms with E-state index in [1.807, 2.05) is 6.20 Å². The Morgan fingerprint density at radius 2 is 2.38 bits per heavy atom. The number of hydrogen-bond donors (Lipinski definition) is 2. The van der Waals surface area contributed by atoms with Gasteiger partial charge in [-0.05, 0) is 30.9 Å². The summed E-state index contributed by atoms with van der Waals surface area (Å²) in [7, 11) is 0. The van der Waals surface area contributed by atoms with Gasteiger partial charge in [0.1, 0.15) is 0 Å². The quantitative estimate of drug-likeness (QED) is 0.719. The summed E-state index contributed by atoms with van der Waals surface area (Å²) in [6.07, 6.45) is 5.74. The topological polar surface area (TPSA) is 40.7 Å². The fourth-order valence-electron chi connectivity index (χ4n) is 2.67. The number of rotatable bonds is 1. The molecule has 0 saturated carbocycles. The second-order valence-electron chi connectivity index (χ2n) is 4.02. The molecule has 13 heavy (non-hydrogen) atoms. The normalized spacial score (nSPS) is 37.2. The standard InChI is InChI=1S/C9H12ClN3/c10-9-11-4-8(13-9)6-3-5-1-2-7(6)12-5/h4-7,12H,1-3H2,(H,11,13). The average molecular weight is 198 g/mol. The van der Waals surface area contributed by atoms with Crippen molar-refractivity contribution in [2.75, 3.05) is 0 Å². The fraction of sp³-hybridized carbons (Fsp3) is 0.667. The molecule has 3 atom stereocenters. The van der Waals surface area contributed by atoms with E-state index < -0.39 is 0 Å². The molecular formula is C9H12ClN3. The number of hydrogen-bond acceptors (Lipinski definition) is 2. The van der Waals surface area contributed by atoms with Crippen LogP contribution in [-0.4, -0.2) is 22.1 Å². The molecule has 1 aromatic rings. The summed E-state index contributed by atoms with van der Waals surface area (Å²) in [5.74, 6) is 0.610. The average Bonchev–Trinajstić information content (AvgIpc) is 2.77. The predicted octanol–water partition coefficient (Wildman–Crippen LogP) is 1.67. The van der Waals surface area contributed by atoms with Crippen molar-refractivity contribution >= 4 is 11.6 Å². The molecule has 0 aliphatic carbocycles. The third kappa shape index (κ3) is 1.18. The van der Waals surface area contributed by atoms with Crippen LogP contribution >= 0.6 is 11.6 Å². The van der Waals surface area contributed by atoms with Crippen molar-refractivity contribution in [1.82, 2.24) is 15.3 Å². The van der Waals surface area contributed by atoms with Crippen molar-refractivity contribution in [3.05, 3.63) is 17.2 Å². The van der Waals surface area contributed by atoms with Crippen molar-refractivity contribution in [1.29, 1.82) is 0 Å². The third-order valence-corrected chi connectivity index (χ3v) is 3.46. The number of fused-ring (bicyclic) bond motifs is 2. The molecule has 3 unspecified atom stereocenters. The Morgan fingerprint density at radius 1 is 1.46 bits per heavy atom. The molecule has 0 spiro atoms. The summed E-state index contributed by atoms with van der Waals surface area (Å²) in [5, 5.41) is 4.11. The number of aromatic amines is 1. The van der Waals surface area contributed by atoms with Crippen molar-refractivity contribution in [3.63, 3.8) is 0 Å². The van der Waals surface area contributed by atoms with Crippen LogP contribution in [0.5, 0.6) is 0 Å². The minimum absolute atomic E-state index is 0.512. The Bertz CT molecular complexity index is 322. The van der Waals surface area contributed by atoms with Crippen molar-refractivity contribution in [3.8, 4) is 0 Å². The van der Waals surface area contributed by atoms with E-state index in [9.17, 15) is 0 Å². The zero-order valence-electron chi connectivity index (χ0n) is 7.26. The summed E-state index contributed by atoms with van der Waals surface area (Å²) in [4.78, 5) is 7.14. The molecule has 0 amide bonds. The Labute approximate surface area is 81.9 Å². The first kappa shape index (κ1) is 7.83. The van der Waals surface area contributed by atoms with Gasteiger partial charge in [-0.1, -0.05) is 0 Å². The van der Waals surface area contributed by atoms with Gasteiger partial charge in [-0.3, -0.25) is 0 Å². The second kappa shape index (κ2) is 2.72. The minimum atomic E-state index is 0.512. The fourth-order valence-corrected chi connectivity index (χ4v) is 2.82. The van der Waals surface area contributed by atoms with Crippen LogP contribution in [0.2, 0.25) is 5.28 Å². The number of nitrogens with zero attached hydrogens (tertiary/aromatic N) is 1. The summed E-state index contributed by atoms with van der Waals surface area (Å²) < 4.78 is 0. The zero-order chi connectivity index (χ0) is 8.84. The molecule has 4 heteroatoms. The zero-order valence-corrected chi connectivity index (χ0v) is 8.01. The molecule has 3 nitrogen and oxygen atoms in total. The summed E-state index contributed by atoms with van der Waals surface area (Å²) in [6.45, 7) is 0. The lowest BCUT2D eigenvalue weighted by Gasteiger charge is -2.17. The lowest BCUT2D eigenvalue weighted by molar-refractivity contribution is 0.499. The molecule has 2 aliphatic rings. The van der Waals surface area contributed by atoms with Crippen molar-refractivity contribution < 1.29 is 0 Å². The van der Waals surface area contributed by atoms with Crippen LogP contribution in [0.25, 0.3) is 0 Å². The second-order valence-corrected chi connectivity index (χ2v) is 4.38. The summed E-state index contributed by atoms with van der Waals surface area (Å²) in [5.41, 5.74) is 1.20. The molecule has 2 fully saturated rings. The van der Waals surface area contributed by atoms with Gasteiger partial charge in [0, 0.05) is 29.9 Å². The number of aromatic nitrogens is 2. The van der Waals surface area contributed by atoms with E-state index in [2.05, 4.69) is 15.3 Å². The van der Waals surface area contributed by atoms with E-state index in [-0.39, 0.29) is 0 Å².